The van der Waals surface area contributed by atoms with Crippen molar-refractivity contribution in [1.29, 1.82) is 0 Å². The van der Waals surface area contributed by atoms with Crippen LogP contribution in [0.2, 0.25) is 0 Å². The SMILES string of the molecule is CCn1ccnc1[C@@H]1OCCC[C@H]1C(=O)ON1C(=O)c2ccccc2C1=O. The Morgan fingerprint density at radius 3 is 2.63 bits per heavy atom. The zero-order valence-corrected chi connectivity index (χ0v) is 14.8. The summed E-state index contributed by atoms with van der Waals surface area (Å²) in [5, 5.41) is 0.547. The van der Waals surface area contributed by atoms with Gasteiger partial charge >= 0.3 is 5.97 Å². The van der Waals surface area contributed by atoms with E-state index in [4.69, 9.17) is 9.57 Å². The highest BCUT2D eigenvalue weighted by Gasteiger charge is 2.43. The molecule has 0 N–H and O–H groups in total. The molecule has 2 aromatic rings. The summed E-state index contributed by atoms with van der Waals surface area (Å²) in [6.45, 7) is 3.17. The lowest BCUT2D eigenvalue weighted by molar-refractivity contribution is -0.183. The molecule has 0 aliphatic carbocycles. The van der Waals surface area contributed by atoms with E-state index in [0.29, 0.717) is 36.9 Å². The monoisotopic (exact) mass is 369 g/mol. The number of fused-ring (bicyclic) bond motifs is 1. The number of aromatic nitrogens is 2. The van der Waals surface area contributed by atoms with Crippen molar-refractivity contribution in [3.63, 3.8) is 0 Å². The minimum absolute atomic E-state index is 0.230. The van der Waals surface area contributed by atoms with E-state index >= 15 is 0 Å². The minimum Gasteiger partial charge on any atom is -0.369 e. The predicted octanol–water partition coefficient (Wildman–Crippen LogP) is 2.13. The molecule has 2 amide bonds. The van der Waals surface area contributed by atoms with Crippen molar-refractivity contribution in [2.75, 3.05) is 6.61 Å². The molecule has 2 atom stereocenters. The van der Waals surface area contributed by atoms with Crippen LogP contribution in [0.4, 0.5) is 0 Å². The Kier molecular flexibility index (Phi) is 4.49. The van der Waals surface area contributed by atoms with Gasteiger partial charge < -0.3 is 14.1 Å². The summed E-state index contributed by atoms with van der Waals surface area (Å²) in [5.74, 6) is -1.93. The molecule has 2 aliphatic rings. The molecule has 140 valence electrons. The van der Waals surface area contributed by atoms with Crippen LogP contribution in [0.5, 0.6) is 0 Å². The minimum atomic E-state index is -0.667. The maximum absolute atomic E-state index is 12.8. The highest BCUT2D eigenvalue weighted by Crippen LogP contribution is 2.34. The van der Waals surface area contributed by atoms with E-state index < -0.39 is 29.8 Å². The van der Waals surface area contributed by atoms with Crippen molar-refractivity contribution < 1.29 is 24.0 Å². The van der Waals surface area contributed by atoms with Crippen LogP contribution < -0.4 is 0 Å². The average Bonchev–Trinajstić information content (AvgIpc) is 3.27. The Labute approximate surface area is 155 Å². The molecule has 0 unspecified atom stereocenters. The average molecular weight is 369 g/mol. The fraction of sp³-hybridized carbons (Fsp3) is 0.368. The van der Waals surface area contributed by atoms with Crippen LogP contribution in [0.1, 0.15) is 52.4 Å². The van der Waals surface area contributed by atoms with Gasteiger partial charge in [-0.1, -0.05) is 17.2 Å². The lowest BCUT2D eigenvalue weighted by atomic mass is 9.94. The van der Waals surface area contributed by atoms with Gasteiger partial charge in [-0.3, -0.25) is 9.59 Å². The lowest BCUT2D eigenvalue weighted by Gasteiger charge is -2.30. The van der Waals surface area contributed by atoms with Gasteiger partial charge in [0.25, 0.3) is 11.8 Å². The number of benzene rings is 1. The number of carbonyl (C=O) groups excluding carboxylic acids is 3. The second kappa shape index (κ2) is 6.96. The van der Waals surface area contributed by atoms with Crippen LogP contribution in [-0.4, -0.2) is 39.0 Å². The Bertz CT molecular complexity index is 871. The van der Waals surface area contributed by atoms with Crippen LogP contribution >= 0.6 is 0 Å². The second-order valence-corrected chi connectivity index (χ2v) is 6.47. The molecule has 1 aromatic heterocycles. The van der Waals surface area contributed by atoms with Gasteiger partial charge in [0, 0.05) is 25.5 Å². The topological polar surface area (TPSA) is 90.7 Å². The molecule has 8 heteroatoms. The summed E-state index contributed by atoms with van der Waals surface area (Å²) < 4.78 is 7.71. The molecular formula is C19H19N3O5. The number of aryl methyl sites for hydroxylation is 1. The first kappa shape index (κ1) is 17.4. The predicted molar refractivity (Wildman–Crippen MR) is 92.4 cm³/mol. The van der Waals surface area contributed by atoms with E-state index in [1.165, 1.54) is 12.1 Å². The number of nitrogens with zero attached hydrogens (tertiary/aromatic N) is 3. The standard InChI is InChI=1S/C19H19N3O5/c1-2-21-10-9-20-16(21)15-14(8-5-11-26-15)19(25)27-22-17(23)12-6-3-4-7-13(12)18(22)24/h3-4,6-7,9-10,14-15H,2,5,8,11H2,1H3/t14-,15-/m1/s1. The third-order valence-electron chi connectivity index (χ3n) is 4.91. The van der Waals surface area contributed by atoms with Crippen molar-refractivity contribution in [3.8, 4) is 0 Å². The molecule has 4 rings (SSSR count). The number of hydrogen-bond acceptors (Lipinski definition) is 6. The van der Waals surface area contributed by atoms with Gasteiger partial charge in [0.15, 0.2) is 0 Å². The van der Waals surface area contributed by atoms with Crippen LogP contribution in [0.15, 0.2) is 36.7 Å². The van der Waals surface area contributed by atoms with E-state index in [1.54, 1.807) is 18.3 Å². The number of amides is 2. The number of imide groups is 1. The zero-order chi connectivity index (χ0) is 19.0. The van der Waals surface area contributed by atoms with E-state index in [1.807, 2.05) is 17.7 Å². The summed E-state index contributed by atoms with van der Waals surface area (Å²) >= 11 is 0. The van der Waals surface area contributed by atoms with Gasteiger partial charge in [0.2, 0.25) is 0 Å². The zero-order valence-electron chi connectivity index (χ0n) is 14.8. The van der Waals surface area contributed by atoms with Crippen molar-refractivity contribution >= 4 is 17.8 Å². The van der Waals surface area contributed by atoms with E-state index in [0.717, 1.165) is 0 Å². The summed E-state index contributed by atoms with van der Waals surface area (Å²) in [5.41, 5.74) is 0.460. The van der Waals surface area contributed by atoms with Gasteiger partial charge in [-0.2, -0.15) is 0 Å². The third kappa shape index (κ3) is 2.91. The number of rotatable bonds is 4. The second-order valence-electron chi connectivity index (χ2n) is 6.47. The van der Waals surface area contributed by atoms with E-state index in [2.05, 4.69) is 4.98 Å². The first-order valence-corrected chi connectivity index (χ1v) is 8.94. The number of hydroxylamine groups is 2. The Morgan fingerprint density at radius 2 is 1.96 bits per heavy atom. The lowest BCUT2D eigenvalue weighted by Crippen LogP contribution is -2.39. The molecule has 0 spiro atoms. The van der Waals surface area contributed by atoms with Gasteiger partial charge in [0.1, 0.15) is 11.9 Å². The van der Waals surface area contributed by atoms with Crippen molar-refractivity contribution in [2.45, 2.75) is 32.4 Å². The van der Waals surface area contributed by atoms with Crippen molar-refractivity contribution in [1.82, 2.24) is 14.6 Å². The molecule has 3 heterocycles. The summed E-state index contributed by atoms with van der Waals surface area (Å²) in [6, 6.07) is 6.39. The highest BCUT2D eigenvalue weighted by molar-refractivity contribution is 6.20. The normalized spacial score (nSPS) is 22.0. The molecule has 1 saturated heterocycles. The van der Waals surface area contributed by atoms with Crippen molar-refractivity contribution in [2.24, 2.45) is 5.92 Å². The van der Waals surface area contributed by atoms with E-state index in [9.17, 15) is 14.4 Å². The third-order valence-corrected chi connectivity index (χ3v) is 4.91. The quantitative estimate of drug-likeness (QED) is 0.767. The van der Waals surface area contributed by atoms with Crippen LogP contribution in [-0.2, 0) is 20.9 Å². The van der Waals surface area contributed by atoms with Crippen LogP contribution in [0.3, 0.4) is 0 Å². The number of hydrogen-bond donors (Lipinski definition) is 0. The van der Waals surface area contributed by atoms with E-state index in [-0.39, 0.29) is 11.1 Å². The number of ether oxygens (including phenoxy) is 1. The molecule has 0 saturated carbocycles. The molecule has 8 nitrogen and oxygen atoms in total. The summed E-state index contributed by atoms with van der Waals surface area (Å²) in [7, 11) is 0. The smallest absolute Gasteiger partial charge is 0.339 e. The Balaban J connectivity index is 1.55. The summed E-state index contributed by atoms with van der Waals surface area (Å²) in [4.78, 5) is 47.2. The van der Waals surface area contributed by atoms with Gasteiger partial charge in [-0.05, 0) is 31.9 Å². The number of imidazole rings is 1. The highest BCUT2D eigenvalue weighted by atomic mass is 16.7. The number of carbonyl (C=O) groups is 3. The first-order chi connectivity index (χ1) is 13.1. The molecular weight excluding hydrogens is 350 g/mol. The first-order valence-electron chi connectivity index (χ1n) is 8.94. The fourth-order valence-corrected chi connectivity index (χ4v) is 3.53. The van der Waals surface area contributed by atoms with Crippen molar-refractivity contribution in [3.05, 3.63) is 53.6 Å². The molecule has 0 radical (unpaired) electrons. The maximum atomic E-state index is 12.8. The Morgan fingerprint density at radius 1 is 1.26 bits per heavy atom. The molecule has 1 aromatic carbocycles. The fourth-order valence-electron chi connectivity index (χ4n) is 3.53. The molecule has 1 fully saturated rings. The largest absolute Gasteiger partial charge is 0.369 e. The van der Waals surface area contributed by atoms with Crippen LogP contribution in [0.25, 0.3) is 0 Å². The maximum Gasteiger partial charge on any atom is 0.339 e. The van der Waals surface area contributed by atoms with Gasteiger partial charge in [-0.15, -0.1) is 0 Å². The molecule has 27 heavy (non-hydrogen) atoms. The van der Waals surface area contributed by atoms with Gasteiger partial charge in [-0.25, -0.2) is 9.78 Å². The van der Waals surface area contributed by atoms with Crippen LogP contribution in [0, 0.1) is 5.92 Å². The van der Waals surface area contributed by atoms with Gasteiger partial charge in [0.05, 0.1) is 17.0 Å². The Hall–Kier alpha value is -3.00. The molecule has 2 aliphatic heterocycles. The molecule has 0 bridgehead atoms. The summed E-state index contributed by atoms with van der Waals surface area (Å²) in [6.07, 6.45) is 4.12.